The minimum Gasteiger partial charge on any atom is -0.465 e. The van der Waals surface area contributed by atoms with Crippen molar-refractivity contribution in [1.29, 1.82) is 0 Å². The topological polar surface area (TPSA) is 43.4 Å². The van der Waals surface area contributed by atoms with Crippen LogP contribution in [0.15, 0.2) is 44.2 Å². The van der Waals surface area contributed by atoms with Crippen LogP contribution in [0, 0.1) is 0 Å². The number of carbonyl (C=O) groups excluding carboxylic acids is 2. The van der Waals surface area contributed by atoms with Gasteiger partial charge >= 0.3 is 5.97 Å². The minimum atomic E-state index is -0.598. The van der Waals surface area contributed by atoms with E-state index in [1.807, 2.05) is 30.3 Å². The Morgan fingerprint density at radius 1 is 1.12 bits per heavy atom. The summed E-state index contributed by atoms with van der Waals surface area (Å²) in [7, 11) is 1.25. The molecule has 17 heavy (non-hydrogen) atoms. The molecule has 0 unspecified atom stereocenters. The number of thioether (sulfide) groups is 1. The molecule has 0 heterocycles. The van der Waals surface area contributed by atoms with E-state index in [9.17, 15) is 9.59 Å². The molecule has 0 bridgehead atoms. The van der Waals surface area contributed by atoms with E-state index < -0.39 is 5.97 Å². The summed E-state index contributed by atoms with van der Waals surface area (Å²) in [6.45, 7) is 0. The van der Waals surface area contributed by atoms with Gasteiger partial charge < -0.3 is 4.74 Å². The van der Waals surface area contributed by atoms with Crippen LogP contribution >= 0.6 is 43.6 Å². The quantitative estimate of drug-likeness (QED) is 0.458. The highest BCUT2D eigenvalue weighted by atomic mass is 79.9. The van der Waals surface area contributed by atoms with Crippen molar-refractivity contribution in [3.05, 3.63) is 39.3 Å². The molecule has 1 rings (SSSR count). The molecule has 0 aliphatic carbocycles. The lowest BCUT2D eigenvalue weighted by atomic mass is 10.4. The smallest absolute Gasteiger partial charge is 0.346 e. The van der Waals surface area contributed by atoms with Crippen molar-refractivity contribution >= 4 is 54.7 Å². The van der Waals surface area contributed by atoms with Crippen molar-refractivity contribution in [1.82, 2.24) is 0 Å². The normalized spacial score (nSPS) is 11.7. The van der Waals surface area contributed by atoms with Crippen molar-refractivity contribution < 1.29 is 14.3 Å². The van der Waals surface area contributed by atoms with E-state index in [-0.39, 0.29) is 14.1 Å². The highest BCUT2D eigenvalue weighted by Crippen LogP contribution is 2.29. The number of carbonyl (C=O) groups is 2. The van der Waals surface area contributed by atoms with Gasteiger partial charge in [0.05, 0.1) is 11.6 Å². The molecule has 6 heteroatoms. The molecule has 3 nitrogen and oxygen atoms in total. The van der Waals surface area contributed by atoms with E-state index in [0.717, 1.165) is 16.7 Å². The zero-order valence-electron chi connectivity index (χ0n) is 8.78. The molecule has 0 spiro atoms. The molecule has 0 radical (unpaired) electrons. The summed E-state index contributed by atoms with van der Waals surface area (Å²) < 4.78 is 4.73. The zero-order chi connectivity index (χ0) is 12.8. The lowest BCUT2D eigenvalue weighted by molar-refractivity contribution is -0.135. The first-order valence-corrected chi connectivity index (χ1v) is 6.87. The molecule has 0 aromatic heterocycles. The Kier molecular flexibility index (Phi) is 5.94. The molecule has 0 aliphatic heterocycles. The van der Waals surface area contributed by atoms with Gasteiger partial charge in [0.15, 0.2) is 0 Å². The predicted octanol–water partition coefficient (Wildman–Crippen LogP) is 3.48. The van der Waals surface area contributed by atoms with Crippen LogP contribution in [0.4, 0.5) is 0 Å². The zero-order valence-corrected chi connectivity index (χ0v) is 12.8. The number of methoxy groups -OCH3 is 1. The molecule has 0 saturated carbocycles. The average molecular weight is 380 g/mol. The second-order valence-electron chi connectivity index (χ2n) is 2.82. The number of halogens is 2. The first-order valence-electron chi connectivity index (χ1n) is 4.47. The molecule has 0 amide bonds. The van der Waals surface area contributed by atoms with Gasteiger partial charge in [0.1, 0.15) is 4.48 Å². The number of rotatable bonds is 3. The average Bonchev–Trinajstić information content (AvgIpc) is 2.37. The maximum absolute atomic E-state index is 11.8. The third-order valence-electron chi connectivity index (χ3n) is 1.69. The first kappa shape index (κ1) is 14.5. The van der Waals surface area contributed by atoms with E-state index >= 15 is 0 Å². The Labute approximate surface area is 120 Å². The van der Waals surface area contributed by atoms with Crippen LogP contribution in [0.3, 0.4) is 0 Å². The van der Waals surface area contributed by atoms with Crippen LogP contribution < -0.4 is 0 Å². The SMILES string of the molecule is COC(=O)/C(Br)=C(/Br)C(=O)Sc1ccccc1. The summed E-state index contributed by atoms with van der Waals surface area (Å²) in [6.07, 6.45) is 0. The van der Waals surface area contributed by atoms with E-state index in [4.69, 9.17) is 0 Å². The summed E-state index contributed by atoms with van der Waals surface area (Å²) in [5, 5.41) is -0.270. The van der Waals surface area contributed by atoms with Gasteiger partial charge in [-0.3, -0.25) is 4.79 Å². The second-order valence-corrected chi connectivity index (χ2v) is 5.45. The van der Waals surface area contributed by atoms with E-state index in [1.54, 1.807) is 0 Å². The largest absolute Gasteiger partial charge is 0.465 e. The van der Waals surface area contributed by atoms with Crippen molar-refractivity contribution in [3.8, 4) is 0 Å². The number of hydrogen-bond acceptors (Lipinski definition) is 4. The number of hydrogen-bond donors (Lipinski definition) is 0. The molecule has 90 valence electrons. The molecule has 0 atom stereocenters. The predicted molar refractivity (Wildman–Crippen MR) is 74.2 cm³/mol. The van der Waals surface area contributed by atoms with Crippen LogP contribution in [-0.2, 0) is 14.3 Å². The molecular formula is C11H8Br2O3S. The van der Waals surface area contributed by atoms with Gasteiger partial charge in [-0.25, -0.2) is 4.79 Å². The van der Waals surface area contributed by atoms with Crippen molar-refractivity contribution in [2.24, 2.45) is 0 Å². The Morgan fingerprint density at radius 2 is 1.71 bits per heavy atom. The van der Waals surface area contributed by atoms with Crippen LogP contribution in [0.5, 0.6) is 0 Å². The number of esters is 1. The standard InChI is InChI=1S/C11H8Br2O3S/c1-16-10(14)8(12)9(13)11(15)17-7-5-3-2-4-6-7/h2-6H,1H3/b9-8-. The molecule has 1 aromatic rings. The number of ether oxygens (including phenoxy) is 1. The van der Waals surface area contributed by atoms with Gasteiger partial charge in [0, 0.05) is 4.90 Å². The Balaban J connectivity index is 2.81. The summed E-state index contributed by atoms with van der Waals surface area (Å²) in [5.74, 6) is -0.598. The Hall–Kier alpha value is -0.590. The van der Waals surface area contributed by atoms with Gasteiger partial charge in [0.25, 0.3) is 0 Å². The van der Waals surface area contributed by atoms with Crippen molar-refractivity contribution in [2.75, 3.05) is 7.11 Å². The Bertz CT molecular complexity index is 457. The Morgan fingerprint density at radius 3 is 2.24 bits per heavy atom. The van der Waals surface area contributed by atoms with Crippen molar-refractivity contribution in [2.45, 2.75) is 4.90 Å². The van der Waals surface area contributed by atoms with E-state index in [0.29, 0.717) is 0 Å². The van der Waals surface area contributed by atoms with Crippen LogP contribution in [0.2, 0.25) is 0 Å². The van der Waals surface area contributed by atoms with Gasteiger partial charge in [-0.05, 0) is 55.8 Å². The molecule has 0 saturated heterocycles. The molecule has 0 aliphatic rings. The third kappa shape index (κ3) is 4.29. The maximum Gasteiger partial charge on any atom is 0.346 e. The van der Waals surface area contributed by atoms with E-state index in [2.05, 4.69) is 36.6 Å². The fourth-order valence-corrected chi connectivity index (χ4v) is 2.49. The van der Waals surface area contributed by atoms with Crippen molar-refractivity contribution in [3.63, 3.8) is 0 Å². The number of benzene rings is 1. The fraction of sp³-hybridized carbons (Fsp3) is 0.0909. The van der Waals surface area contributed by atoms with Gasteiger partial charge in [-0.1, -0.05) is 18.2 Å². The summed E-state index contributed by atoms with van der Waals surface area (Å²) in [6, 6.07) is 9.17. The van der Waals surface area contributed by atoms with Gasteiger partial charge in [-0.2, -0.15) is 0 Å². The van der Waals surface area contributed by atoms with Crippen LogP contribution in [0.25, 0.3) is 0 Å². The third-order valence-corrected chi connectivity index (χ3v) is 4.86. The lowest BCUT2D eigenvalue weighted by Crippen LogP contribution is -2.04. The van der Waals surface area contributed by atoms with Crippen LogP contribution in [0.1, 0.15) is 0 Å². The molecule has 0 fully saturated rings. The highest BCUT2D eigenvalue weighted by Gasteiger charge is 2.18. The maximum atomic E-state index is 11.8. The molecule has 1 aromatic carbocycles. The summed E-state index contributed by atoms with van der Waals surface area (Å²) in [5.41, 5.74) is 0. The molecule has 0 N–H and O–H groups in total. The van der Waals surface area contributed by atoms with Gasteiger partial charge in [-0.15, -0.1) is 0 Å². The van der Waals surface area contributed by atoms with Crippen LogP contribution in [-0.4, -0.2) is 18.2 Å². The van der Waals surface area contributed by atoms with Gasteiger partial charge in [0.2, 0.25) is 5.12 Å². The van der Waals surface area contributed by atoms with E-state index in [1.165, 1.54) is 7.11 Å². The minimum absolute atomic E-state index is 0.0773. The lowest BCUT2D eigenvalue weighted by Gasteiger charge is -2.02. The monoisotopic (exact) mass is 378 g/mol. The molecular weight excluding hydrogens is 372 g/mol. The summed E-state index contributed by atoms with van der Waals surface area (Å²) in [4.78, 5) is 23.8. The highest BCUT2D eigenvalue weighted by molar-refractivity contribution is 9.14. The summed E-state index contributed by atoms with van der Waals surface area (Å²) >= 11 is 7.10. The first-order chi connectivity index (χ1) is 8.06. The second kappa shape index (κ2) is 6.98. The fourth-order valence-electron chi connectivity index (χ4n) is 0.909.